The van der Waals surface area contributed by atoms with Gasteiger partial charge in [-0.2, -0.15) is 0 Å². The highest BCUT2D eigenvalue weighted by Crippen LogP contribution is 2.23. The molecule has 0 radical (unpaired) electrons. The van der Waals surface area contributed by atoms with Crippen molar-refractivity contribution in [1.29, 1.82) is 0 Å². The molecule has 1 aromatic rings. The minimum Gasteiger partial charge on any atom is -0.496 e. The molecule has 0 saturated heterocycles. The summed E-state index contributed by atoms with van der Waals surface area (Å²) in [6.45, 7) is 1.77. The van der Waals surface area contributed by atoms with Gasteiger partial charge in [-0.25, -0.2) is 0 Å². The van der Waals surface area contributed by atoms with Crippen LogP contribution < -0.4 is 4.74 Å². The molecule has 1 amide bonds. The zero-order chi connectivity index (χ0) is 14.4. The first-order valence-corrected chi connectivity index (χ1v) is 6.17. The summed E-state index contributed by atoms with van der Waals surface area (Å²) in [5, 5.41) is 9.24. The third-order valence-corrected chi connectivity index (χ3v) is 2.88. The predicted octanol–water partition coefficient (Wildman–Crippen LogP) is 1.82. The molecule has 0 fully saturated rings. The van der Waals surface area contributed by atoms with E-state index in [4.69, 9.17) is 21.4 Å². The summed E-state index contributed by atoms with van der Waals surface area (Å²) in [4.78, 5) is 24.0. The van der Waals surface area contributed by atoms with E-state index >= 15 is 0 Å². The van der Waals surface area contributed by atoms with Gasteiger partial charge in [0.15, 0.2) is 0 Å². The number of ether oxygens (including phenoxy) is 1. The largest absolute Gasteiger partial charge is 0.496 e. The Morgan fingerprint density at radius 2 is 2.11 bits per heavy atom. The Kier molecular flexibility index (Phi) is 5.63. The van der Waals surface area contributed by atoms with Crippen molar-refractivity contribution in [1.82, 2.24) is 4.90 Å². The number of rotatable bonds is 6. The second kappa shape index (κ2) is 6.99. The number of aliphatic carboxylic acids is 1. The maximum Gasteiger partial charge on any atom is 0.323 e. The number of carbonyl (C=O) groups excluding carboxylic acids is 1. The van der Waals surface area contributed by atoms with Gasteiger partial charge in [-0.05, 0) is 25.1 Å². The minimum atomic E-state index is -1.03. The van der Waals surface area contributed by atoms with Crippen molar-refractivity contribution >= 4 is 23.5 Å². The van der Waals surface area contributed by atoms with E-state index in [1.54, 1.807) is 25.1 Å². The summed E-state index contributed by atoms with van der Waals surface area (Å²) >= 11 is 5.88. The molecule has 19 heavy (non-hydrogen) atoms. The highest BCUT2D eigenvalue weighted by molar-refractivity contribution is 6.30. The Balaban J connectivity index is 2.85. The van der Waals surface area contributed by atoms with Crippen LogP contribution in [-0.4, -0.2) is 42.1 Å². The maximum absolute atomic E-state index is 12.0. The number of carbonyl (C=O) groups is 2. The van der Waals surface area contributed by atoms with Crippen LogP contribution >= 0.6 is 11.6 Å². The molecule has 0 atom stereocenters. The molecule has 0 aliphatic heterocycles. The summed E-state index contributed by atoms with van der Waals surface area (Å²) in [5.41, 5.74) is 0.642. The smallest absolute Gasteiger partial charge is 0.323 e. The number of halogens is 1. The maximum atomic E-state index is 12.0. The van der Waals surface area contributed by atoms with Crippen molar-refractivity contribution in [3.05, 3.63) is 28.8 Å². The summed E-state index contributed by atoms with van der Waals surface area (Å²) in [6, 6.07) is 4.99. The molecule has 0 unspecified atom stereocenters. The van der Waals surface area contributed by atoms with Crippen LogP contribution in [0.1, 0.15) is 12.5 Å². The Hall–Kier alpha value is -1.75. The standard InChI is InChI=1S/C13H16ClNO4/c1-3-15(8-13(17)18)12(16)7-9-6-10(14)4-5-11(9)19-2/h4-6H,3,7-8H2,1-2H3,(H,17,18). The van der Waals surface area contributed by atoms with Crippen LogP contribution in [0.25, 0.3) is 0 Å². The van der Waals surface area contributed by atoms with Gasteiger partial charge in [0, 0.05) is 17.1 Å². The molecule has 0 bridgehead atoms. The highest BCUT2D eigenvalue weighted by atomic mass is 35.5. The molecule has 0 aliphatic carbocycles. The lowest BCUT2D eigenvalue weighted by atomic mass is 10.1. The number of likely N-dealkylation sites (N-methyl/N-ethyl adjacent to an activating group) is 1. The third-order valence-electron chi connectivity index (χ3n) is 2.64. The van der Waals surface area contributed by atoms with Crippen molar-refractivity contribution in [2.45, 2.75) is 13.3 Å². The van der Waals surface area contributed by atoms with Crippen LogP contribution in [-0.2, 0) is 16.0 Å². The zero-order valence-electron chi connectivity index (χ0n) is 10.9. The molecule has 0 heterocycles. The van der Waals surface area contributed by atoms with E-state index in [1.807, 2.05) is 0 Å². The Bertz CT molecular complexity index is 476. The molecule has 5 nitrogen and oxygen atoms in total. The van der Waals surface area contributed by atoms with Crippen LogP contribution in [0.5, 0.6) is 5.75 Å². The van der Waals surface area contributed by atoms with Gasteiger partial charge in [-0.3, -0.25) is 9.59 Å². The number of hydrogen-bond donors (Lipinski definition) is 1. The van der Waals surface area contributed by atoms with E-state index in [-0.39, 0.29) is 18.9 Å². The first kappa shape index (κ1) is 15.3. The van der Waals surface area contributed by atoms with Gasteiger partial charge in [0.05, 0.1) is 13.5 Å². The predicted molar refractivity (Wildman–Crippen MR) is 71.6 cm³/mol. The van der Waals surface area contributed by atoms with E-state index < -0.39 is 5.97 Å². The number of amides is 1. The van der Waals surface area contributed by atoms with E-state index in [0.717, 1.165) is 0 Å². The number of benzene rings is 1. The normalized spacial score (nSPS) is 10.1. The van der Waals surface area contributed by atoms with Crippen LogP contribution in [0.3, 0.4) is 0 Å². The fourth-order valence-corrected chi connectivity index (χ4v) is 1.89. The molecule has 6 heteroatoms. The first-order valence-electron chi connectivity index (χ1n) is 5.80. The summed E-state index contributed by atoms with van der Waals surface area (Å²) in [5.74, 6) is -0.747. The molecule has 1 N–H and O–H groups in total. The Morgan fingerprint density at radius 3 is 2.63 bits per heavy atom. The summed E-state index contributed by atoms with van der Waals surface area (Å²) in [7, 11) is 1.51. The molecule has 1 rings (SSSR count). The average Bonchev–Trinajstić information content (AvgIpc) is 2.35. The third kappa shape index (κ3) is 4.44. The fraction of sp³-hybridized carbons (Fsp3) is 0.385. The highest BCUT2D eigenvalue weighted by Gasteiger charge is 2.17. The SMILES string of the molecule is CCN(CC(=O)O)C(=O)Cc1cc(Cl)ccc1OC. The summed E-state index contributed by atoms with van der Waals surface area (Å²) in [6.07, 6.45) is 0.0604. The van der Waals surface area contributed by atoms with Crippen LogP contribution in [0.15, 0.2) is 18.2 Å². The molecule has 104 valence electrons. The van der Waals surface area contributed by atoms with Crippen molar-refractivity contribution < 1.29 is 19.4 Å². The van der Waals surface area contributed by atoms with E-state index in [9.17, 15) is 9.59 Å². The lowest BCUT2D eigenvalue weighted by molar-refractivity contribution is -0.144. The Morgan fingerprint density at radius 1 is 1.42 bits per heavy atom. The first-order chi connectivity index (χ1) is 8.97. The molecule has 0 spiro atoms. The lowest BCUT2D eigenvalue weighted by Crippen LogP contribution is -2.36. The van der Waals surface area contributed by atoms with Crippen molar-refractivity contribution in [2.24, 2.45) is 0 Å². The second-order valence-electron chi connectivity index (χ2n) is 3.93. The average molecular weight is 286 g/mol. The zero-order valence-corrected chi connectivity index (χ0v) is 11.6. The molecule has 0 aromatic heterocycles. The minimum absolute atomic E-state index is 0.0604. The van der Waals surface area contributed by atoms with Crippen molar-refractivity contribution in [2.75, 3.05) is 20.2 Å². The van der Waals surface area contributed by atoms with Gasteiger partial charge < -0.3 is 14.7 Å². The van der Waals surface area contributed by atoms with Gasteiger partial charge >= 0.3 is 5.97 Å². The number of carboxylic acids is 1. The second-order valence-corrected chi connectivity index (χ2v) is 4.37. The number of methoxy groups -OCH3 is 1. The van der Waals surface area contributed by atoms with Gasteiger partial charge in [0.25, 0.3) is 0 Å². The molecular formula is C13H16ClNO4. The number of carboxylic acid groups (broad SMARTS) is 1. The lowest BCUT2D eigenvalue weighted by Gasteiger charge is -2.19. The van der Waals surface area contributed by atoms with Crippen LogP contribution in [0, 0.1) is 0 Å². The van der Waals surface area contributed by atoms with Crippen molar-refractivity contribution in [3.63, 3.8) is 0 Å². The Labute approximate surface area is 116 Å². The topological polar surface area (TPSA) is 66.8 Å². The van der Waals surface area contributed by atoms with Crippen LogP contribution in [0.2, 0.25) is 5.02 Å². The van der Waals surface area contributed by atoms with E-state index in [1.165, 1.54) is 12.0 Å². The van der Waals surface area contributed by atoms with Gasteiger partial charge in [-0.1, -0.05) is 11.6 Å². The van der Waals surface area contributed by atoms with Gasteiger partial charge in [0.2, 0.25) is 5.91 Å². The van der Waals surface area contributed by atoms with Crippen molar-refractivity contribution in [3.8, 4) is 5.75 Å². The fourth-order valence-electron chi connectivity index (χ4n) is 1.70. The molecule has 0 saturated carbocycles. The van der Waals surface area contributed by atoms with Gasteiger partial charge in [-0.15, -0.1) is 0 Å². The number of nitrogens with zero attached hydrogens (tertiary/aromatic N) is 1. The molecular weight excluding hydrogens is 270 g/mol. The molecule has 0 aliphatic rings. The van der Waals surface area contributed by atoms with Crippen LogP contribution in [0.4, 0.5) is 0 Å². The summed E-state index contributed by atoms with van der Waals surface area (Å²) < 4.78 is 5.15. The molecule has 1 aromatic carbocycles. The van der Waals surface area contributed by atoms with Gasteiger partial charge in [0.1, 0.15) is 12.3 Å². The quantitative estimate of drug-likeness (QED) is 0.866. The van der Waals surface area contributed by atoms with E-state index in [0.29, 0.717) is 22.9 Å². The monoisotopic (exact) mass is 285 g/mol. The van der Waals surface area contributed by atoms with E-state index in [2.05, 4.69) is 0 Å². The number of hydrogen-bond acceptors (Lipinski definition) is 3.